The Labute approximate surface area is 181 Å². The number of rotatable bonds is 8. The fourth-order valence-corrected chi connectivity index (χ4v) is 4.02. The SMILES string of the molecule is CC(C(=O)N1CCOCC1)N1CCN(CCCCOc2ccccc2C(F)(F)F)CC1. The van der Waals surface area contributed by atoms with Gasteiger partial charge in [0, 0.05) is 39.3 Å². The zero-order valence-electron chi connectivity index (χ0n) is 18.1. The molecule has 0 radical (unpaired) electrons. The highest BCUT2D eigenvalue weighted by atomic mass is 19.4. The molecule has 3 rings (SSSR count). The van der Waals surface area contributed by atoms with Crippen molar-refractivity contribution in [1.82, 2.24) is 14.7 Å². The first-order valence-electron chi connectivity index (χ1n) is 11.0. The molecule has 0 spiro atoms. The molecule has 0 aliphatic carbocycles. The number of carbonyl (C=O) groups is 1. The van der Waals surface area contributed by atoms with Crippen molar-refractivity contribution in [3.8, 4) is 5.75 Å². The molecule has 0 saturated carbocycles. The molecule has 31 heavy (non-hydrogen) atoms. The van der Waals surface area contributed by atoms with Gasteiger partial charge in [-0.25, -0.2) is 0 Å². The highest BCUT2D eigenvalue weighted by Gasteiger charge is 2.34. The summed E-state index contributed by atoms with van der Waals surface area (Å²) in [5, 5.41) is 0. The zero-order chi connectivity index (χ0) is 22.3. The number of amides is 1. The van der Waals surface area contributed by atoms with Gasteiger partial charge in [0.1, 0.15) is 5.75 Å². The standard InChI is InChI=1S/C22H32F3N3O3/c1-18(21(29)28-13-16-30-17-14-28)27-11-9-26(10-12-27)8-4-5-15-31-20-7-3-2-6-19(20)22(23,24)25/h2-3,6-7,18H,4-5,8-17H2,1H3. The number of piperazine rings is 1. The third-order valence-electron chi connectivity index (χ3n) is 5.95. The van der Waals surface area contributed by atoms with Crippen LogP contribution in [0, 0.1) is 0 Å². The first kappa shape index (κ1) is 23.8. The summed E-state index contributed by atoms with van der Waals surface area (Å²) in [5.41, 5.74) is -0.730. The molecule has 2 aliphatic heterocycles. The molecule has 1 aromatic rings. The highest BCUT2D eigenvalue weighted by Crippen LogP contribution is 2.35. The molecule has 9 heteroatoms. The number of halogens is 3. The summed E-state index contributed by atoms with van der Waals surface area (Å²) in [7, 11) is 0. The van der Waals surface area contributed by atoms with Crippen LogP contribution in [0.5, 0.6) is 5.75 Å². The fourth-order valence-electron chi connectivity index (χ4n) is 4.02. The van der Waals surface area contributed by atoms with Gasteiger partial charge in [0.05, 0.1) is 31.4 Å². The van der Waals surface area contributed by atoms with Crippen LogP contribution in [0.15, 0.2) is 24.3 Å². The molecule has 2 aliphatic rings. The van der Waals surface area contributed by atoms with Crippen LogP contribution in [0.25, 0.3) is 0 Å². The van der Waals surface area contributed by atoms with E-state index in [9.17, 15) is 18.0 Å². The van der Waals surface area contributed by atoms with Crippen molar-refractivity contribution in [2.75, 3.05) is 65.6 Å². The quantitative estimate of drug-likeness (QED) is 0.579. The van der Waals surface area contributed by atoms with E-state index in [1.54, 1.807) is 6.07 Å². The van der Waals surface area contributed by atoms with E-state index in [4.69, 9.17) is 9.47 Å². The van der Waals surface area contributed by atoms with Gasteiger partial charge in [-0.05, 0) is 38.4 Å². The Balaban J connectivity index is 1.32. The average molecular weight is 444 g/mol. The zero-order valence-corrected chi connectivity index (χ0v) is 18.1. The lowest BCUT2D eigenvalue weighted by Gasteiger charge is -2.39. The van der Waals surface area contributed by atoms with Gasteiger partial charge in [-0.15, -0.1) is 0 Å². The first-order valence-corrected chi connectivity index (χ1v) is 11.0. The minimum atomic E-state index is -4.41. The topological polar surface area (TPSA) is 45.2 Å². The largest absolute Gasteiger partial charge is 0.493 e. The van der Waals surface area contributed by atoms with E-state index < -0.39 is 11.7 Å². The fraction of sp³-hybridized carbons (Fsp3) is 0.682. The van der Waals surface area contributed by atoms with Crippen LogP contribution in [0.4, 0.5) is 13.2 Å². The smallest absolute Gasteiger partial charge is 0.419 e. The molecular weight excluding hydrogens is 411 g/mol. The molecule has 2 heterocycles. The summed E-state index contributed by atoms with van der Waals surface area (Å²) in [6.45, 7) is 9.12. The number of ether oxygens (including phenoxy) is 2. The minimum Gasteiger partial charge on any atom is -0.493 e. The Hall–Kier alpha value is -1.84. The van der Waals surface area contributed by atoms with E-state index in [2.05, 4.69) is 9.80 Å². The highest BCUT2D eigenvalue weighted by molar-refractivity contribution is 5.81. The lowest BCUT2D eigenvalue weighted by molar-refractivity contribution is -0.141. The van der Waals surface area contributed by atoms with Gasteiger partial charge in [0.25, 0.3) is 0 Å². The lowest BCUT2D eigenvalue weighted by atomic mass is 10.2. The second kappa shape index (κ2) is 11.2. The first-order chi connectivity index (χ1) is 14.9. The third kappa shape index (κ3) is 6.82. The number of morpholine rings is 1. The van der Waals surface area contributed by atoms with Crippen LogP contribution < -0.4 is 4.74 Å². The van der Waals surface area contributed by atoms with Crippen molar-refractivity contribution < 1.29 is 27.4 Å². The van der Waals surface area contributed by atoms with Crippen molar-refractivity contribution in [2.24, 2.45) is 0 Å². The lowest BCUT2D eigenvalue weighted by Crippen LogP contribution is -2.55. The van der Waals surface area contributed by atoms with Crippen LogP contribution >= 0.6 is 0 Å². The van der Waals surface area contributed by atoms with Gasteiger partial charge in [-0.3, -0.25) is 9.69 Å². The van der Waals surface area contributed by atoms with Gasteiger partial charge in [-0.2, -0.15) is 13.2 Å². The predicted octanol–water partition coefficient (Wildman–Crippen LogP) is 2.73. The van der Waals surface area contributed by atoms with Gasteiger partial charge in [0.15, 0.2) is 0 Å². The summed E-state index contributed by atoms with van der Waals surface area (Å²) in [6.07, 6.45) is -2.86. The molecule has 2 saturated heterocycles. The van der Waals surface area contributed by atoms with E-state index in [1.165, 1.54) is 12.1 Å². The van der Waals surface area contributed by atoms with Gasteiger partial charge >= 0.3 is 6.18 Å². The molecule has 2 fully saturated rings. The van der Waals surface area contributed by atoms with Crippen molar-refractivity contribution in [1.29, 1.82) is 0 Å². The maximum absolute atomic E-state index is 13.0. The second-order valence-corrected chi connectivity index (χ2v) is 8.04. The Morgan fingerprint density at radius 2 is 1.74 bits per heavy atom. The van der Waals surface area contributed by atoms with Crippen molar-refractivity contribution in [2.45, 2.75) is 32.0 Å². The summed E-state index contributed by atoms with van der Waals surface area (Å²) in [5.74, 6) is 0.0653. The monoisotopic (exact) mass is 443 g/mol. The average Bonchev–Trinajstić information content (AvgIpc) is 2.78. The van der Waals surface area contributed by atoms with Crippen LogP contribution in [0.2, 0.25) is 0 Å². The molecular formula is C22H32F3N3O3. The molecule has 0 N–H and O–H groups in total. The van der Waals surface area contributed by atoms with Crippen molar-refractivity contribution in [3.05, 3.63) is 29.8 Å². The van der Waals surface area contributed by atoms with Crippen LogP contribution in [0.3, 0.4) is 0 Å². The summed E-state index contributed by atoms with van der Waals surface area (Å²) < 4.78 is 49.7. The minimum absolute atomic E-state index is 0.109. The molecule has 0 aromatic heterocycles. The molecule has 6 nitrogen and oxygen atoms in total. The number of carbonyl (C=O) groups excluding carboxylic acids is 1. The molecule has 0 bridgehead atoms. The van der Waals surface area contributed by atoms with Gasteiger partial charge < -0.3 is 19.3 Å². The van der Waals surface area contributed by atoms with E-state index in [1.807, 2.05) is 11.8 Å². The number of nitrogens with zero attached hydrogens (tertiary/aromatic N) is 3. The number of benzene rings is 1. The van der Waals surface area contributed by atoms with Gasteiger partial charge in [0.2, 0.25) is 5.91 Å². The van der Waals surface area contributed by atoms with E-state index in [0.717, 1.165) is 45.2 Å². The number of alkyl halides is 3. The number of unbranched alkanes of at least 4 members (excludes halogenated alkanes) is 1. The van der Waals surface area contributed by atoms with Crippen LogP contribution in [-0.4, -0.2) is 92.3 Å². The number of para-hydroxylation sites is 1. The maximum atomic E-state index is 13.0. The van der Waals surface area contributed by atoms with E-state index in [0.29, 0.717) is 32.7 Å². The summed E-state index contributed by atoms with van der Waals surface area (Å²) in [6, 6.07) is 5.20. The molecule has 1 aromatic carbocycles. The van der Waals surface area contributed by atoms with Gasteiger partial charge in [-0.1, -0.05) is 12.1 Å². The normalized spacial score (nSPS) is 19.9. The van der Waals surface area contributed by atoms with E-state index in [-0.39, 0.29) is 24.3 Å². The van der Waals surface area contributed by atoms with Crippen LogP contribution in [-0.2, 0) is 15.7 Å². The third-order valence-corrected chi connectivity index (χ3v) is 5.95. The molecule has 1 amide bonds. The Morgan fingerprint density at radius 3 is 2.42 bits per heavy atom. The summed E-state index contributed by atoms with van der Waals surface area (Å²) >= 11 is 0. The Bertz CT molecular complexity index is 703. The molecule has 174 valence electrons. The summed E-state index contributed by atoms with van der Waals surface area (Å²) in [4.78, 5) is 19.1. The van der Waals surface area contributed by atoms with E-state index >= 15 is 0 Å². The van der Waals surface area contributed by atoms with Crippen molar-refractivity contribution in [3.63, 3.8) is 0 Å². The Morgan fingerprint density at radius 1 is 1.06 bits per heavy atom. The molecule has 1 atom stereocenters. The maximum Gasteiger partial charge on any atom is 0.419 e. The number of hydrogen-bond acceptors (Lipinski definition) is 5. The Kier molecular flexibility index (Phi) is 8.57. The van der Waals surface area contributed by atoms with Crippen molar-refractivity contribution >= 4 is 5.91 Å². The van der Waals surface area contributed by atoms with Crippen LogP contribution in [0.1, 0.15) is 25.3 Å². The predicted molar refractivity (Wildman–Crippen MR) is 111 cm³/mol. The number of hydrogen-bond donors (Lipinski definition) is 0. The second-order valence-electron chi connectivity index (χ2n) is 8.04. The molecule has 1 unspecified atom stereocenters.